The van der Waals surface area contributed by atoms with Crippen molar-refractivity contribution in [1.82, 2.24) is 15.5 Å². The maximum Gasteiger partial charge on any atom is 0.243 e. The van der Waals surface area contributed by atoms with E-state index in [1.54, 1.807) is 6.92 Å². The molecule has 2 atom stereocenters. The summed E-state index contributed by atoms with van der Waals surface area (Å²) in [5, 5.41) is 6.05. The highest BCUT2D eigenvalue weighted by atomic mass is 32.2. The molecule has 1 aromatic heterocycles. The lowest BCUT2D eigenvalue weighted by Crippen LogP contribution is -2.18. The molecule has 0 amide bonds. The van der Waals surface area contributed by atoms with Crippen LogP contribution in [-0.4, -0.2) is 31.4 Å². The second-order valence-electron chi connectivity index (χ2n) is 3.74. The predicted octanol–water partition coefficient (Wildman–Crippen LogP) is 0.846. The van der Waals surface area contributed by atoms with Crippen LogP contribution in [0.25, 0.3) is 0 Å². The van der Waals surface area contributed by atoms with Gasteiger partial charge in [-0.25, -0.2) is 8.42 Å². The van der Waals surface area contributed by atoms with Crippen molar-refractivity contribution in [2.45, 2.75) is 32.1 Å². The first-order chi connectivity index (χ1) is 7.36. The molecule has 1 heterocycles. The van der Waals surface area contributed by atoms with Gasteiger partial charge in [-0.3, -0.25) is 0 Å². The van der Waals surface area contributed by atoms with Gasteiger partial charge >= 0.3 is 0 Å². The van der Waals surface area contributed by atoms with Gasteiger partial charge in [0.1, 0.15) is 5.25 Å². The number of rotatable bonds is 5. The highest BCUT2D eigenvalue weighted by Gasteiger charge is 2.24. The predicted molar refractivity (Wildman–Crippen MR) is 59.6 cm³/mol. The maximum absolute atomic E-state index is 11.3. The monoisotopic (exact) mass is 247 g/mol. The first kappa shape index (κ1) is 13.1. The average molecular weight is 247 g/mol. The van der Waals surface area contributed by atoms with E-state index in [2.05, 4.69) is 15.5 Å². The molecule has 1 rings (SSSR count). The Balaban J connectivity index is 2.87. The Morgan fingerprint density at radius 3 is 2.56 bits per heavy atom. The van der Waals surface area contributed by atoms with Crippen LogP contribution in [0.15, 0.2) is 4.52 Å². The lowest BCUT2D eigenvalue weighted by molar-refractivity contribution is 0.338. The molecule has 6 nitrogen and oxygen atoms in total. The highest BCUT2D eigenvalue weighted by Crippen LogP contribution is 2.19. The fourth-order valence-corrected chi connectivity index (χ4v) is 1.65. The molecule has 0 aliphatic carbocycles. The molecule has 0 spiro atoms. The number of hydrogen-bond donors (Lipinski definition) is 1. The van der Waals surface area contributed by atoms with Gasteiger partial charge in [-0.05, 0) is 20.4 Å². The summed E-state index contributed by atoms with van der Waals surface area (Å²) in [5.74, 6) is 0.620. The normalized spacial score (nSPS) is 16.0. The lowest BCUT2D eigenvalue weighted by Gasteiger charge is -2.05. The standard InChI is InChI=1S/C9H17N3O3S/c1-5-10-6(2)9-11-8(12-15-9)7(3)16(4,13)14/h6-7,10H,5H2,1-4H3. The zero-order chi connectivity index (χ0) is 12.3. The highest BCUT2D eigenvalue weighted by molar-refractivity contribution is 7.90. The number of nitrogens with zero attached hydrogens (tertiary/aromatic N) is 2. The minimum Gasteiger partial charge on any atom is -0.338 e. The van der Waals surface area contributed by atoms with Crippen LogP contribution in [0.4, 0.5) is 0 Å². The van der Waals surface area contributed by atoms with E-state index >= 15 is 0 Å². The van der Waals surface area contributed by atoms with Crippen molar-refractivity contribution in [3.63, 3.8) is 0 Å². The summed E-state index contributed by atoms with van der Waals surface area (Å²) < 4.78 is 27.6. The lowest BCUT2D eigenvalue weighted by atomic mass is 10.3. The Labute approximate surface area is 95.3 Å². The van der Waals surface area contributed by atoms with Gasteiger partial charge in [0, 0.05) is 6.26 Å². The Morgan fingerprint density at radius 1 is 1.44 bits per heavy atom. The Kier molecular flexibility index (Phi) is 4.03. The molecule has 0 aliphatic rings. The zero-order valence-electron chi connectivity index (χ0n) is 9.89. The molecule has 16 heavy (non-hydrogen) atoms. The Bertz CT molecular complexity index is 441. The molecule has 7 heteroatoms. The van der Waals surface area contributed by atoms with E-state index in [1.165, 1.54) is 0 Å². The van der Waals surface area contributed by atoms with Crippen LogP contribution in [0.1, 0.15) is 43.8 Å². The minimum atomic E-state index is -3.19. The van der Waals surface area contributed by atoms with Crippen molar-refractivity contribution in [1.29, 1.82) is 0 Å². The molecule has 92 valence electrons. The van der Waals surface area contributed by atoms with Gasteiger partial charge in [-0.15, -0.1) is 0 Å². The van der Waals surface area contributed by atoms with Crippen molar-refractivity contribution < 1.29 is 12.9 Å². The van der Waals surface area contributed by atoms with Crippen LogP contribution in [0.2, 0.25) is 0 Å². The smallest absolute Gasteiger partial charge is 0.243 e. The molecule has 0 bridgehead atoms. The zero-order valence-corrected chi connectivity index (χ0v) is 10.7. The minimum absolute atomic E-state index is 0.0713. The van der Waals surface area contributed by atoms with E-state index in [4.69, 9.17) is 4.52 Å². The Morgan fingerprint density at radius 2 is 2.06 bits per heavy atom. The fraction of sp³-hybridized carbons (Fsp3) is 0.778. The average Bonchev–Trinajstić information content (AvgIpc) is 2.64. The summed E-state index contributed by atoms with van der Waals surface area (Å²) in [5.41, 5.74) is 0. The SMILES string of the molecule is CCNC(C)c1nc(C(C)S(C)(=O)=O)no1. The van der Waals surface area contributed by atoms with Crippen molar-refractivity contribution in [2.75, 3.05) is 12.8 Å². The first-order valence-electron chi connectivity index (χ1n) is 5.12. The Hall–Kier alpha value is -0.950. The third kappa shape index (κ3) is 3.02. The number of hydrogen-bond acceptors (Lipinski definition) is 6. The van der Waals surface area contributed by atoms with E-state index in [1.807, 2.05) is 13.8 Å². The fourth-order valence-electron chi connectivity index (χ4n) is 1.17. The van der Waals surface area contributed by atoms with Crippen molar-refractivity contribution in [3.05, 3.63) is 11.7 Å². The quantitative estimate of drug-likeness (QED) is 0.830. The molecule has 0 saturated heterocycles. The van der Waals surface area contributed by atoms with Crippen LogP contribution >= 0.6 is 0 Å². The van der Waals surface area contributed by atoms with Gasteiger partial charge in [0.15, 0.2) is 15.7 Å². The van der Waals surface area contributed by atoms with Crippen LogP contribution in [0, 0.1) is 0 Å². The summed E-state index contributed by atoms with van der Waals surface area (Å²) in [6.45, 7) is 6.17. The summed E-state index contributed by atoms with van der Waals surface area (Å²) in [6.07, 6.45) is 1.15. The van der Waals surface area contributed by atoms with Gasteiger partial charge in [0.25, 0.3) is 0 Å². The van der Waals surface area contributed by atoms with Crippen molar-refractivity contribution in [2.24, 2.45) is 0 Å². The van der Waals surface area contributed by atoms with E-state index in [0.717, 1.165) is 12.8 Å². The van der Waals surface area contributed by atoms with Crippen LogP contribution in [0.3, 0.4) is 0 Å². The molecular formula is C9H17N3O3S. The molecule has 0 aliphatic heterocycles. The van der Waals surface area contributed by atoms with Gasteiger partial charge < -0.3 is 9.84 Å². The van der Waals surface area contributed by atoms with E-state index in [-0.39, 0.29) is 11.9 Å². The molecule has 0 saturated carbocycles. The second kappa shape index (κ2) is 4.92. The molecule has 0 aromatic carbocycles. The van der Waals surface area contributed by atoms with Crippen molar-refractivity contribution >= 4 is 9.84 Å². The third-order valence-corrected chi connectivity index (χ3v) is 3.84. The summed E-state index contributed by atoms with van der Waals surface area (Å²) in [4.78, 5) is 4.08. The molecular weight excluding hydrogens is 230 g/mol. The van der Waals surface area contributed by atoms with E-state index in [0.29, 0.717) is 5.89 Å². The molecule has 0 radical (unpaired) electrons. The second-order valence-corrected chi connectivity index (χ2v) is 6.11. The van der Waals surface area contributed by atoms with Gasteiger partial charge in [0.05, 0.1) is 6.04 Å². The number of nitrogens with one attached hydrogen (secondary N) is 1. The summed E-state index contributed by atoms with van der Waals surface area (Å²) in [7, 11) is -3.19. The summed E-state index contributed by atoms with van der Waals surface area (Å²) in [6, 6.07) is -0.0713. The summed E-state index contributed by atoms with van der Waals surface area (Å²) >= 11 is 0. The van der Waals surface area contributed by atoms with E-state index < -0.39 is 15.1 Å². The topological polar surface area (TPSA) is 85.1 Å². The van der Waals surface area contributed by atoms with Crippen molar-refractivity contribution in [3.8, 4) is 0 Å². The molecule has 1 aromatic rings. The number of sulfone groups is 1. The number of aromatic nitrogens is 2. The maximum atomic E-state index is 11.3. The van der Waals surface area contributed by atoms with Gasteiger partial charge in [0.2, 0.25) is 5.89 Å². The third-order valence-electron chi connectivity index (χ3n) is 2.34. The largest absolute Gasteiger partial charge is 0.338 e. The van der Waals surface area contributed by atoms with Crippen LogP contribution in [0.5, 0.6) is 0 Å². The van der Waals surface area contributed by atoms with E-state index in [9.17, 15) is 8.42 Å². The molecule has 2 unspecified atom stereocenters. The van der Waals surface area contributed by atoms with Crippen LogP contribution in [-0.2, 0) is 9.84 Å². The molecule has 0 fully saturated rings. The van der Waals surface area contributed by atoms with Gasteiger partial charge in [-0.1, -0.05) is 12.1 Å². The van der Waals surface area contributed by atoms with Crippen LogP contribution < -0.4 is 5.32 Å². The first-order valence-corrected chi connectivity index (χ1v) is 7.07. The van der Waals surface area contributed by atoms with Gasteiger partial charge in [-0.2, -0.15) is 4.98 Å². The molecule has 1 N–H and O–H groups in total.